The zero-order chi connectivity index (χ0) is 30.4. The molecule has 0 spiro atoms. The molecule has 0 saturated heterocycles. The molecular formula is C32H51FN4O3. The van der Waals surface area contributed by atoms with Crippen molar-refractivity contribution in [1.29, 1.82) is 0 Å². The van der Waals surface area contributed by atoms with Gasteiger partial charge < -0.3 is 25.5 Å². The molecule has 0 aliphatic rings. The first-order valence-corrected chi connectivity index (χ1v) is 14.1. The number of aromatic nitrogens is 1. The predicted octanol–water partition coefficient (Wildman–Crippen LogP) is 5.27. The second-order valence-electron chi connectivity index (χ2n) is 8.87. The molecule has 224 valence electrons. The highest BCUT2D eigenvalue weighted by Crippen LogP contribution is 2.16. The molecule has 7 nitrogen and oxygen atoms in total. The molecule has 0 fully saturated rings. The van der Waals surface area contributed by atoms with Gasteiger partial charge in [-0.3, -0.25) is 9.78 Å². The molecule has 1 atom stereocenters. The Morgan fingerprint density at radius 3 is 2.33 bits per heavy atom. The first kappa shape index (κ1) is 38.9. The van der Waals surface area contributed by atoms with Crippen molar-refractivity contribution in [1.82, 2.24) is 20.9 Å². The van der Waals surface area contributed by atoms with Gasteiger partial charge in [0.05, 0.1) is 12.6 Å². The van der Waals surface area contributed by atoms with Crippen LogP contribution in [0.1, 0.15) is 70.4 Å². The number of carbonyl (C=O) groups excluding carboxylic acids is 2. The fourth-order valence-electron chi connectivity index (χ4n) is 2.94. The van der Waals surface area contributed by atoms with Crippen LogP contribution in [0.5, 0.6) is 5.75 Å². The van der Waals surface area contributed by atoms with Crippen LogP contribution in [0.2, 0.25) is 0 Å². The van der Waals surface area contributed by atoms with Crippen molar-refractivity contribution in [3.05, 3.63) is 59.7 Å². The van der Waals surface area contributed by atoms with Crippen molar-refractivity contribution in [3.63, 3.8) is 0 Å². The second kappa shape index (κ2) is 28.7. The quantitative estimate of drug-likeness (QED) is 0.166. The van der Waals surface area contributed by atoms with Crippen LogP contribution in [0.3, 0.4) is 0 Å². The molecule has 0 bridgehead atoms. The summed E-state index contributed by atoms with van der Waals surface area (Å²) < 4.78 is 18.7. The lowest BCUT2D eigenvalue weighted by molar-refractivity contribution is -0.124. The Hall–Kier alpha value is -3.28. The molecule has 0 aliphatic heterocycles. The number of benzene rings is 1. The fourth-order valence-corrected chi connectivity index (χ4v) is 2.94. The van der Waals surface area contributed by atoms with Crippen molar-refractivity contribution in [2.75, 3.05) is 33.8 Å². The van der Waals surface area contributed by atoms with Gasteiger partial charge in [-0.15, -0.1) is 12.3 Å². The predicted molar refractivity (Wildman–Crippen MR) is 164 cm³/mol. The SMILES string of the molecule is C#CCC(C=O)NC(=O)CCCCCOc1cc(C)cc(F)c1.CCCNC.CCNC.CCc1cccnc1. The zero-order valence-corrected chi connectivity index (χ0v) is 25.4. The molecule has 2 rings (SSSR count). The van der Waals surface area contributed by atoms with E-state index in [1.54, 1.807) is 19.2 Å². The van der Waals surface area contributed by atoms with E-state index in [1.807, 2.05) is 26.4 Å². The topological polar surface area (TPSA) is 92.4 Å². The minimum absolute atomic E-state index is 0.181. The van der Waals surface area contributed by atoms with E-state index >= 15 is 0 Å². The number of amides is 1. The maximum absolute atomic E-state index is 13.2. The number of carbonyl (C=O) groups is 2. The molecule has 8 heteroatoms. The summed E-state index contributed by atoms with van der Waals surface area (Å²) in [5.74, 6) is 2.37. The van der Waals surface area contributed by atoms with E-state index in [0.29, 0.717) is 31.5 Å². The maximum Gasteiger partial charge on any atom is 0.220 e. The van der Waals surface area contributed by atoms with Gasteiger partial charge in [0, 0.05) is 31.3 Å². The minimum atomic E-state index is -0.605. The van der Waals surface area contributed by atoms with Gasteiger partial charge in [0.15, 0.2) is 0 Å². The molecule has 0 saturated carbocycles. The van der Waals surface area contributed by atoms with Gasteiger partial charge in [-0.1, -0.05) is 26.8 Å². The molecule has 1 unspecified atom stereocenters. The van der Waals surface area contributed by atoms with Gasteiger partial charge >= 0.3 is 0 Å². The van der Waals surface area contributed by atoms with Gasteiger partial charge in [-0.05, 0) is 95.5 Å². The second-order valence-corrected chi connectivity index (χ2v) is 8.87. The summed E-state index contributed by atoms with van der Waals surface area (Å²) in [4.78, 5) is 26.2. The molecule has 40 heavy (non-hydrogen) atoms. The Labute approximate surface area is 242 Å². The van der Waals surface area contributed by atoms with Crippen molar-refractivity contribution in [2.24, 2.45) is 0 Å². The number of nitrogens with zero attached hydrogens (tertiary/aromatic N) is 1. The molecule has 0 aliphatic carbocycles. The molecule has 3 N–H and O–H groups in total. The first-order chi connectivity index (χ1) is 19.3. The highest BCUT2D eigenvalue weighted by molar-refractivity contribution is 5.79. The van der Waals surface area contributed by atoms with Crippen molar-refractivity contribution < 1.29 is 18.7 Å². The molecule has 0 radical (unpaired) electrons. The number of halogens is 1. The number of rotatable bonds is 14. The highest BCUT2D eigenvalue weighted by atomic mass is 19.1. The standard InChI is InChI=1S/C18H22FNO3.C7H9N.C4H11N.C3H9N/c1-3-7-16(13-21)20-18(22)8-5-4-6-9-23-17-11-14(2)10-15(19)12-17;1-2-7-4-3-5-8-6-7;1-3-4-5-2;1-3-4-2/h1,10-13,16H,4-9H2,2H3,(H,20,22);3-6H,2H2,1H3;5H,3-4H2,1-2H3;4H,3H2,1-2H3. The first-order valence-electron chi connectivity index (χ1n) is 14.1. The Balaban J connectivity index is 0. The lowest BCUT2D eigenvalue weighted by Crippen LogP contribution is -2.35. The molecular weight excluding hydrogens is 507 g/mol. The normalized spacial score (nSPS) is 10.2. The third kappa shape index (κ3) is 25.0. The largest absolute Gasteiger partial charge is 0.493 e. The fraction of sp³-hybridized carbons (Fsp3) is 0.531. The Morgan fingerprint density at radius 1 is 1.15 bits per heavy atom. The van der Waals surface area contributed by atoms with Crippen LogP contribution in [0.15, 0.2) is 42.7 Å². The van der Waals surface area contributed by atoms with E-state index in [9.17, 15) is 14.0 Å². The summed E-state index contributed by atoms with van der Waals surface area (Å²) in [7, 11) is 3.89. The van der Waals surface area contributed by atoms with Gasteiger partial charge in [0.2, 0.25) is 5.91 Å². The number of pyridine rings is 1. The maximum atomic E-state index is 13.2. The van der Waals surface area contributed by atoms with E-state index in [0.717, 1.165) is 37.9 Å². The third-order valence-corrected chi connectivity index (χ3v) is 5.17. The van der Waals surface area contributed by atoms with Crippen molar-refractivity contribution >= 4 is 12.2 Å². The monoisotopic (exact) mass is 558 g/mol. The Morgan fingerprint density at radius 2 is 1.88 bits per heavy atom. The van der Waals surface area contributed by atoms with Crippen LogP contribution in [-0.2, 0) is 16.0 Å². The van der Waals surface area contributed by atoms with Crippen LogP contribution >= 0.6 is 0 Å². The molecule has 1 heterocycles. The highest BCUT2D eigenvalue weighted by Gasteiger charge is 2.09. The molecule has 1 aromatic carbocycles. The van der Waals surface area contributed by atoms with E-state index in [1.165, 1.54) is 24.1 Å². The van der Waals surface area contributed by atoms with Gasteiger partial charge in [-0.25, -0.2) is 4.39 Å². The van der Waals surface area contributed by atoms with Crippen LogP contribution in [0, 0.1) is 25.1 Å². The number of terminal acetylenes is 1. The molecule has 2 aromatic rings. The number of hydrogen-bond acceptors (Lipinski definition) is 6. The van der Waals surface area contributed by atoms with Gasteiger partial charge in [-0.2, -0.15) is 0 Å². The number of nitrogens with one attached hydrogen (secondary N) is 3. The lowest BCUT2D eigenvalue weighted by Gasteiger charge is -2.10. The summed E-state index contributed by atoms with van der Waals surface area (Å²) in [6.45, 7) is 10.8. The van der Waals surface area contributed by atoms with Crippen molar-refractivity contribution in [3.8, 4) is 18.1 Å². The summed E-state index contributed by atoms with van der Waals surface area (Å²) >= 11 is 0. The van der Waals surface area contributed by atoms with Crippen LogP contribution in [0.4, 0.5) is 4.39 Å². The van der Waals surface area contributed by atoms with Crippen LogP contribution in [0.25, 0.3) is 0 Å². The summed E-state index contributed by atoms with van der Waals surface area (Å²) in [5, 5.41) is 8.52. The Kier molecular flexibility index (Phi) is 27.9. The summed E-state index contributed by atoms with van der Waals surface area (Å²) in [5.41, 5.74) is 2.11. The summed E-state index contributed by atoms with van der Waals surface area (Å²) in [6, 6.07) is 8.00. The van der Waals surface area contributed by atoms with Gasteiger partial charge in [0.25, 0.3) is 0 Å². The molecule has 1 aromatic heterocycles. The number of aryl methyl sites for hydroxylation is 2. The van der Waals surface area contributed by atoms with Gasteiger partial charge in [0.1, 0.15) is 17.9 Å². The lowest BCUT2D eigenvalue weighted by atomic mass is 10.1. The number of ether oxygens (including phenoxy) is 1. The van der Waals surface area contributed by atoms with E-state index < -0.39 is 6.04 Å². The van der Waals surface area contributed by atoms with E-state index in [2.05, 4.69) is 53.7 Å². The van der Waals surface area contributed by atoms with E-state index in [4.69, 9.17) is 11.2 Å². The van der Waals surface area contributed by atoms with Crippen molar-refractivity contribution in [2.45, 2.75) is 78.7 Å². The number of hydrogen-bond donors (Lipinski definition) is 3. The number of aldehydes is 1. The Bertz CT molecular complexity index is 896. The third-order valence-electron chi connectivity index (χ3n) is 5.17. The average Bonchev–Trinajstić information content (AvgIpc) is 2.95. The number of unbranched alkanes of at least 4 members (excludes halogenated alkanes) is 2. The van der Waals surface area contributed by atoms with Crippen LogP contribution < -0.4 is 20.7 Å². The smallest absolute Gasteiger partial charge is 0.220 e. The average molecular weight is 559 g/mol. The van der Waals surface area contributed by atoms with Crippen LogP contribution in [-0.4, -0.2) is 57.0 Å². The minimum Gasteiger partial charge on any atom is -0.493 e. The molecule has 1 amide bonds. The summed E-state index contributed by atoms with van der Waals surface area (Å²) in [6.07, 6.45) is 14.6. The zero-order valence-electron chi connectivity index (χ0n) is 25.4. The van der Waals surface area contributed by atoms with E-state index in [-0.39, 0.29) is 18.1 Å².